The van der Waals surface area contributed by atoms with Gasteiger partial charge in [-0.15, -0.1) is 5.10 Å². The lowest BCUT2D eigenvalue weighted by atomic mass is 10.2. The molecule has 0 spiro atoms. The molecular weight excluding hydrogens is 264 g/mol. The molecule has 2 rings (SSSR count). The van der Waals surface area contributed by atoms with E-state index in [4.69, 9.17) is 0 Å². The van der Waals surface area contributed by atoms with E-state index >= 15 is 0 Å². The highest BCUT2D eigenvalue weighted by Crippen LogP contribution is 2.16. The predicted octanol–water partition coefficient (Wildman–Crippen LogP) is 1.27. The molecule has 0 bridgehead atoms. The molecule has 0 aliphatic carbocycles. The molecule has 0 fully saturated rings. The fraction of sp³-hybridized carbons (Fsp3) is 0.500. The zero-order valence-electron chi connectivity index (χ0n) is 11.5. The third-order valence-electron chi connectivity index (χ3n) is 3.22. The van der Waals surface area contributed by atoms with Crippen LogP contribution in [0.2, 0.25) is 0 Å². The van der Waals surface area contributed by atoms with Crippen LogP contribution in [0.1, 0.15) is 19.5 Å². The Morgan fingerprint density at radius 1 is 1.37 bits per heavy atom. The highest BCUT2D eigenvalue weighted by Gasteiger charge is 2.30. The van der Waals surface area contributed by atoms with Crippen LogP contribution in [0.15, 0.2) is 18.2 Å². The molecule has 2 heterocycles. The third-order valence-corrected chi connectivity index (χ3v) is 5.38. The summed E-state index contributed by atoms with van der Waals surface area (Å²) in [6.07, 6.45) is 1.23. The topological polar surface area (TPSA) is 76.4 Å². The molecule has 0 aliphatic rings. The van der Waals surface area contributed by atoms with E-state index in [0.717, 1.165) is 11.3 Å². The second-order valence-corrected chi connectivity index (χ2v) is 7.91. The van der Waals surface area contributed by atoms with E-state index < -0.39 is 14.6 Å². The van der Waals surface area contributed by atoms with Gasteiger partial charge in [-0.3, -0.25) is 0 Å². The summed E-state index contributed by atoms with van der Waals surface area (Å²) in [5.74, 6) is 0.436. The van der Waals surface area contributed by atoms with Crippen LogP contribution in [-0.4, -0.2) is 40.6 Å². The van der Waals surface area contributed by atoms with Crippen molar-refractivity contribution in [2.75, 3.05) is 18.1 Å². The molecule has 0 aromatic carbocycles. The van der Waals surface area contributed by atoms with Gasteiger partial charge in [0, 0.05) is 18.5 Å². The van der Waals surface area contributed by atoms with Crippen LogP contribution in [0.4, 0.5) is 5.95 Å². The number of nitrogens with one attached hydrogen (secondary N) is 1. The van der Waals surface area contributed by atoms with Gasteiger partial charge in [0.25, 0.3) is 0 Å². The van der Waals surface area contributed by atoms with E-state index in [2.05, 4.69) is 15.4 Å². The lowest BCUT2D eigenvalue weighted by Crippen LogP contribution is -2.38. The summed E-state index contributed by atoms with van der Waals surface area (Å²) in [6.45, 7) is 5.56. The van der Waals surface area contributed by atoms with Gasteiger partial charge in [-0.05, 0) is 32.9 Å². The molecule has 0 saturated heterocycles. The zero-order valence-corrected chi connectivity index (χ0v) is 12.3. The molecule has 0 radical (unpaired) electrons. The number of pyridine rings is 1. The number of hydrogen-bond acceptors (Lipinski definition) is 5. The van der Waals surface area contributed by atoms with Crippen molar-refractivity contribution in [3.8, 4) is 0 Å². The van der Waals surface area contributed by atoms with E-state index in [9.17, 15) is 8.42 Å². The van der Waals surface area contributed by atoms with Crippen LogP contribution < -0.4 is 5.32 Å². The van der Waals surface area contributed by atoms with Gasteiger partial charge in [-0.25, -0.2) is 12.9 Å². The summed E-state index contributed by atoms with van der Waals surface area (Å²) >= 11 is 0. The molecule has 19 heavy (non-hydrogen) atoms. The SMILES string of the molecule is Cc1cccc2nc(NCC(C)(C)S(C)(=O)=O)nn12. The molecule has 0 saturated carbocycles. The lowest BCUT2D eigenvalue weighted by Gasteiger charge is -2.22. The Kier molecular flexibility index (Phi) is 3.25. The smallest absolute Gasteiger partial charge is 0.243 e. The number of rotatable bonds is 4. The summed E-state index contributed by atoms with van der Waals surface area (Å²) in [5, 5.41) is 7.28. The molecule has 0 aliphatic heterocycles. The standard InChI is InChI=1S/C12H18N4O2S/c1-9-6-5-7-10-14-11(15-16(9)10)13-8-12(2,3)19(4,17)18/h5-7H,8H2,1-4H3,(H,13,15). The first kappa shape index (κ1) is 13.8. The first-order valence-corrected chi connectivity index (χ1v) is 7.86. The Labute approximate surface area is 112 Å². The summed E-state index contributed by atoms with van der Waals surface area (Å²) < 4.78 is 24.1. The van der Waals surface area contributed by atoms with Crippen LogP contribution in [0.25, 0.3) is 5.65 Å². The van der Waals surface area contributed by atoms with Crippen molar-refractivity contribution in [3.63, 3.8) is 0 Å². The van der Waals surface area contributed by atoms with Crippen molar-refractivity contribution in [1.29, 1.82) is 0 Å². The van der Waals surface area contributed by atoms with Gasteiger partial charge in [0.15, 0.2) is 15.5 Å². The molecule has 0 amide bonds. The normalized spacial score (nSPS) is 12.8. The maximum atomic E-state index is 11.6. The largest absolute Gasteiger partial charge is 0.351 e. The van der Waals surface area contributed by atoms with Crippen molar-refractivity contribution < 1.29 is 8.42 Å². The van der Waals surface area contributed by atoms with Crippen molar-refractivity contribution in [1.82, 2.24) is 14.6 Å². The van der Waals surface area contributed by atoms with E-state index in [0.29, 0.717) is 5.95 Å². The maximum absolute atomic E-state index is 11.6. The summed E-state index contributed by atoms with van der Waals surface area (Å²) in [7, 11) is -3.14. The molecule has 104 valence electrons. The predicted molar refractivity (Wildman–Crippen MR) is 75.1 cm³/mol. The zero-order chi connectivity index (χ0) is 14.3. The van der Waals surface area contributed by atoms with Gasteiger partial charge in [-0.1, -0.05) is 6.07 Å². The van der Waals surface area contributed by atoms with Crippen LogP contribution in [0.3, 0.4) is 0 Å². The van der Waals surface area contributed by atoms with E-state index in [-0.39, 0.29) is 6.54 Å². The first-order chi connectivity index (χ1) is 8.71. The van der Waals surface area contributed by atoms with E-state index in [1.54, 1.807) is 18.4 Å². The average molecular weight is 282 g/mol. The Hall–Kier alpha value is -1.63. The minimum absolute atomic E-state index is 0.266. The van der Waals surface area contributed by atoms with Gasteiger partial charge in [0.1, 0.15) is 0 Å². The molecule has 6 nitrogen and oxygen atoms in total. The van der Waals surface area contributed by atoms with Crippen LogP contribution in [0, 0.1) is 6.92 Å². The fourth-order valence-electron chi connectivity index (χ4n) is 1.53. The number of anilines is 1. The van der Waals surface area contributed by atoms with Gasteiger partial charge in [0.2, 0.25) is 5.95 Å². The minimum Gasteiger partial charge on any atom is -0.351 e. The Morgan fingerprint density at radius 2 is 2.05 bits per heavy atom. The van der Waals surface area contributed by atoms with Crippen LogP contribution >= 0.6 is 0 Å². The molecule has 2 aromatic rings. The Bertz CT molecular complexity index is 704. The summed E-state index contributed by atoms with van der Waals surface area (Å²) in [4.78, 5) is 4.30. The number of sulfone groups is 1. The number of nitrogens with zero attached hydrogens (tertiary/aromatic N) is 3. The molecule has 0 unspecified atom stereocenters. The molecule has 7 heteroatoms. The van der Waals surface area contributed by atoms with Crippen molar-refractivity contribution in [2.45, 2.75) is 25.5 Å². The molecule has 2 aromatic heterocycles. The number of fused-ring (bicyclic) bond motifs is 1. The van der Waals surface area contributed by atoms with E-state index in [1.165, 1.54) is 6.26 Å². The van der Waals surface area contributed by atoms with Gasteiger partial charge < -0.3 is 5.32 Å². The molecular formula is C12H18N4O2S. The fourth-order valence-corrected chi connectivity index (χ4v) is 1.87. The highest BCUT2D eigenvalue weighted by atomic mass is 32.2. The molecule has 1 N–H and O–H groups in total. The minimum atomic E-state index is -3.14. The van der Waals surface area contributed by atoms with Crippen LogP contribution in [-0.2, 0) is 9.84 Å². The maximum Gasteiger partial charge on any atom is 0.243 e. The average Bonchev–Trinajstić information content (AvgIpc) is 2.69. The summed E-state index contributed by atoms with van der Waals surface area (Å²) in [6, 6.07) is 5.70. The highest BCUT2D eigenvalue weighted by molar-refractivity contribution is 7.92. The van der Waals surface area contributed by atoms with Crippen molar-refractivity contribution in [2.24, 2.45) is 0 Å². The van der Waals surface area contributed by atoms with Gasteiger partial charge in [0.05, 0.1) is 4.75 Å². The Balaban J connectivity index is 2.22. The van der Waals surface area contributed by atoms with E-state index in [1.807, 2.05) is 25.1 Å². The number of hydrogen-bond donors (Lipinski definition) is 1. The second-order valence-electron chi connectivity index (χ2n) is 5.26. The monoisotopic (exact) mass is 282 g/mol. The lowest BCUT2D eigenvalue weighted by molar-refractivity contribution is 0.559. The number of aryl methyl sites for hydroxylation is 1. The van der Waals surface area contributed by atoms with Gasteiger partial charge in [-0.2, -0.15) is 4.98 Å². The summed E-state index contributed by atoms with van der Waals surface area (Å²) in [5.41, 5.74) is 1.71. The van der Waals surface area contributed by atoms with Gasteiger partial charge >= 0.3 is 0 Å². The molecule has 0 atom stereocenters. The Morgan fingerprint density at radius 3 is 2.63 bits per heavy atom. The quantitative estimate of drug-likeness (QED) is 0.914. The van der Waals surface area contributed by atoms with Crippen molar-refractivity contribution >= 4 is 21.4 Å². The number of aromatic nitrogens is 3. The second kappa shape index (κ2) is 4.48. The third kappa shape index (κ3) is 2.70. The van der Waals surface area contributed by atoms with Crippen molar-refractivity contribution in [3.05, 3.63) is 23.9 Å². The first-order valence-electron chi connectivity index (χ1n) is 5.96. The van der Waals surface area contributed by atoms with Crippen LogP contribution in [0.5, 0.6) is 0 Å².